The van der Waals surface area contributed by atoms with Crippen molar-refractivity contribution in [3.05, 3.63) is 94.0 Å². The molecule has 1 N–H and O–H groups in total. The van der Waals surface area contributed by atoms with Crippen molar-refractivity contribution < 1.29 is 14.5 Å². The average molecular weight is 566 g/mol. The van der Waals surface area contributed by atoms with Crippen LogP contribution in [0.5, 0.6) is 0 Å². The van der Waals surface area contributed by atoms with E-state index >= 15 is 0 Å². The summed E-state index contributed by atoms with van der Waals surface area (Å²) in [6, 6.07) is 21.9. The summed E-state index contributed by atoms with van der Waals surface area (Å²) in [6.07, 6.45) is 5.01. The highest BCUT2D eigenvalue weighted by Crippen LogP contribution is 2.44. The number of fused-ring (bicyclic) bond motifs is 1. The van der Waals surface area contributed by atoms with Gasteiger partial charge in [0.15, 0.2) is 0 Å². The van der Waals surface area contributed by atoms with Crippen LogP contribution in [0.3, 0.4) is 0 Å². The predicted molar refractivity (Wildman–Crippen MR) is 165 cm³/mol. The van der Waals surface area contributed by atoms with E-state index in [2.05, 4.69) is 34.3 Å². The Hall–Kier alpha value is -4.50. The lowest BCUT2D eigenvalue weighted by molar-refractivity contribution is -0.384. The van der Waals surface area contributed by atoms with Crippen LogP contribution in [0.4, 0.5) is 22.7 Å². The highest BCUT2D eigenvalue weighted by atomic mass is 16.6. The third kappa shape index (κ3) is 5.16. The maximum absolute atomic E-state index is 13.7. The van der Waals surface area contributed by atoms with Gasteiger partial charge in [-0.05, 0) is 87.1 Å². The third-order valence-corrected chi connectivity index (χ3v) is 9.12. The second kappa shape index (κ2) is 11.1. The summed E-state index contributed by atoms with van der Waals surface area (Å²) in [5.74, 6) is -1.02. The molecule has 0 bridgehead atoms. The smallest absolute Gasteiger partial charge is 0.271 e. The zero-order chi connectivity index (χ0) is 29.4. The number of hydrogen-bond acceptors (Lipinski definition) is 7. The van der Waals surface area contributed by atoms with Crippen molar-refractivity contribution in [3.8, 4) is 0 Å². The number of nitrogens with one attached hydrogen (secondary N) is 1. The van der Waals surface area contributed by atoms with Gasteiger partial charge in [-0.3, -0.25) is 19.7 Å². The largest absolute Gasteiger partial charge is 0.371 e. The average Bonchev–Trinajstić information content (AvgIpc) is 3.29. The molecule has 9 nitrogen and oxygen atoms in total. The molecule has 6 rings (SSSR count). The summed E-state index contributed by atoms with van der Waals surface area (Å²) in [5, 5.41) is 14.9. The first-order valence-corrected chi connectivity index (χ1v) is 14.5. The standard InChI is InChI=1S/C33H35N5O4/c1-23(39)37-29-22-27(38(41)42)12-13-28(29)30(32(37)40)31(24-6-4-3-5-7-24)34-25-8-10-26(11-9-25)36-20-16-33(17-21-36)14-18-35(2)19-15-33/h3-13,22,34H,14-21H2,1-2H3/b31-30-. The van der Waals surface area contributed by atoms with E-state index in [1.807, 2.05) is 42.5 Å². The second-order valence-electron chi connectivity index (χ2n) is 11.7. The van der Waals surface area contributed by atoms with Crippen molar-refractivity contribution in [1.29, 1.82) is 0 Å². The van der Waals surface area contributed by atoms with Gasteiger partial charge < -0.3 is 15.1 Å². The minimum atomic E-state index is -0.529. The molecule has 2 amide bonds. The van der Waals surface area contributed by atoms with Gasteiger partial charge in [0.05, 0.1) is 21.9 Å². The molecule has 0 aromatic heterocycles. The molecule has 0 aliphatic carbocycles. The van der Waals surface area contributed by atoms with E-state index in [-0.39, 0.29) is 11.4 Å². The van der Waals surface area contributed by atoms with E-state index in [0.29, 0.717) is 22.2 Å². The topological polar surface area (TPSA) is 99.0 Å². The number of imide groups is 1. The molecule has 2 saturated heterocycles. The highest BCUT2D eigenvalue weighted by Gasteiger charge is 2.39. The molecular formula is C33H35N5O4. The minimum Gasteiger partial charge on any atom is -0.371 e. The van der Waals surface area contributed by atoms with Gasteiger partial charge in [0, 0.05) is 49.1 Å². The molecule has 0 atom stereocenters. The number of nitro benzene ring substituents is 1. The number of rotatable bonds is 5. The van der Waals surface area contributed by atoms with Crippen LogP contribution in [0.2, 0.25) is 0 Å². The van der Waals surface area contributed by atoms with Crippen LogP contribution in [-0.2, 0) is 9.59 Å². The molecule has 3 aromatic rings. The SMILES string of the molecule is CC(=O)N1C(=O)/C(=C(\Nc2ccc(N3CCC4(CCN(C)CC4)CC3)cc2)c2ccccc2)c2ccc([N+](=O)[O-])cc21. The maximum atomic E-state index is 13.7. The number of piperidine rings is 2. The molecule has 0 saturated carbocycles. The predicted octanol–water partition coefficient (Wildman–Crippen LogP) is 5.78. The van der Waals surface area contributed by atoms with Crippen LogP contribution in [0.25, 0.3) is 11.3 Å². The van der Waals surface area contributed by atoms with E-state index in [1.165, 1.54) is 63.5 Å². The lowest BCUT2D eigenvalue weighted by Gasteiger charge is -2.46. The number of amides is 2. The fourth-order valence-corrected chi connectivity index (χ4v) is 6.54. The minimum absolute atomic E-state index is 0.182. The van der Waals surface area contributed by atoms with E-state index in [0.717, 1.165) is 29.2 Å². The van der Waals surface area contributed by atoms with Crippen molar-refractivity contribution in [2.75, 3.05) is 48.3 Å². The summed E-state index contributed by atoms with van der Waals surface area (Å²) in [7, 11) is 2.21. The van der Waals surface area contributed by atoms with Crippen LogP contribution < -0.4 is 15.1 Å². The van der Waals surface area contributed by atoms with E-state index < -0.39 is 16.7 Å². The number of nitrogens with zero attached hydrogens (tertiary/aromatic N) is 4. The van der Waals surface area contributed by atoms with Crippen LogP contribution >= 0.6 is 0 Å². The molecule has 3 heterocycles. The van der Waals surface area contributed by atoms with Crippen molar-refractivity contribution in [3.63, 3.8) is 0 Å². The van der Waals surface area contributed by atoms with Gasteiger partial charge in [-0.25, -0.2) is 4.90 Å². The molecule has 9 heteroatoms. The Balaban J connectivity index is 1.30. The van der Waals surface area contributed by atoms with Crippen LogP contribution in [0.1, 0.15) is 43.7 Å². The van der Waals surface area contributed by atoms with E-state index in [1.54, 1.807) is 6.07 Å². The summed E-state index contributed by atoms with van der Waals surface area (Å²) >= 11 is 0. The quantitative estimate of drug-likeness (QED) is 0.238. The lowest BCUT2D eigenvalue weighted by atomic mass is 9.71. The summed E-state index contributed by atoms with van der Waals surface area (Å²) in [5.41, 5.74) is 4.56. The van der Waals surface area contributed by atoms with Crippen molar-refractivity contribution in [2.24, 2.45) is 5.41 Å². The Morgan fingerprint density at radius 1 is 0.905 bits per heavy atom. The van der Waals surface area contributed by atoms with E-state index in [4.69, 9.17) is 0 Å². The van der Waals surface area contributed by atoms with Crippen LogP contribution in [0.15, 0.2) is 72.8 Å². The van der Waals surface area contributed by atoms with E-state index in [9.17, 15) is 19.7 Å². The molecule has 0 unspecified atom stereocenters. The Bertz CT molecular complexity index is 1550. The van der Waals surface area contributed by atoms with Gasteiger partial charge in [0.25, 0.3) is 11.6 Å². The van der Waals surface area contributed by atoms with Gasteiger partial charge >= 0.3 is 0 Å². The first-order chi connectivity index (χ1) is 20.2. The van der Waals surface area contributed by atoms with Gasteiger partial charge in [0.2, 0.25) is 5.91 Å². The molecule has 2 fully saturated rings. The monoisotopic (exact) mass is 565 g/mol. The summed E-state index contributed by atoms with van der Waals surface area (Å²) in [4.78, 5) is 43.1. The normalized spacial score (nSPS) is 19.5. The van der Waals surface area contributed by atoms with Crippen molar-refractivity contribution in [1.82, 2.24) is 4.90 Å². The second-order valence-corrected chi connectivity index (χ2v) is 11.7. The van der Waals surface area contributed by atoms with Gasteiger partial charge in [-0.1, -0.05) is 30.3 Å². The maximum Gasteiger partial charge on any atom is 0.271 e. The number of carbonyl (C=O) groups excluding carboxylic acids is 2. The number of non-ortho nitro benzene ring substituents is 1. The molecule has 1 spiro atoms. The Kier molecular flexibility index (Phi) is 7.28. The van der Waals surface area contributed by atoms with Crippen molar-refractivity contribution in [2.45, 2.75) is 32.6 Å². The summed E-state index contributed by atoms with van der Waals surface area (Å²) < 4.78 is 0. The zero-order valence-corrected chi connectivity index (χ0v) is 24.0. The fourth-order valence-electron chi connectivity index (χ4n) is 6.54. The zero-order valence-electron chi connectivity index (χ0n) is 24.0. The molecular weight excluding hydrogens is 530 g/mol. The number of nitro groups is 1. The number of anilines is 3. The first kappa shape index (κ1) is 27.7. The number of hydrogen-bond donors (Lipinski definition) is 1. The first-order valence-electron chi connectivity index (χ1n) is 14.5. The van der Waals surface area contributed by atoms with Crippen LogP contribution in [-0.4, -0.2) is 54.9 Å². The van der Waals surface area contributed by atoms with Crippen molar-refractivity contribution >= 4 is 45.8 Å². The van der Waals surface area contributed by atoms with Gasteiger partial charge in [0.1, 0.15) is 0 Å². The molecule has 3 aliphatic rings. The summed E-state index contributed by atoms with van der Waals surface area (Å²) in [6.45, 7) is 5.76. The molecule has 216 valence electrons. The lowest BCUT2D eigenvalue weighted by Crippen LogP contribution is -2.46. The number of likely N-dealkylation sites (tertiary alicyclic amines) is 1. The highest BCUT2D eigenvalue weighted by molar-refractivity contribution is 6.43. The van der Waals surface area contributed by atoms with Gasteiger partial charge in [-0.2, -0.15) is 0 Å². The Morgan fingerprint density at radius 3 is 2.17 bits per heavy atom. The molecule has 42 heavy (non-hydrogen) atoms. The Morgan fingerprint density at radius 2 is 1.55 bits per heavy atom. The Labute approximate surface area is 245 Å². The van der Waals surface area contributed by atoms with Gasteiger partial charge in [-0.15, -0.1) is 0 Å². The number of carbonyl (C=O) groups is 2. The number of benzene rings is 3. The molecule has 3 aliphatic heterocycles. The third-order valence-electron chi connectivity index (χ3n) is 9.12. The van der Waals surface area contributed by atoms with Crippen LogP contribution in [0, 0.1) is 15.5 Å². The molecule has 0 radical (unpaired) electrons. The molecule has 3 aromatic carbocycles. The fraction of sp³-hybridized carbons (Fsp3) is 0.333.